The van der Waals surface area contributed by atoms with Crippen molar-refractivity contribution in [2.75, 3.05) is 6.61 Å². The van der Waals surface area contributed by atoms with E-state index in [1.807, 2.05) is 0 Å². The van der Waals surface area contributed by atoms with E-state index >= 15 is 0 Å². The van der Waals surface area contributed by atoms with Crippen molar-refractivity contribution in [1.82, 2.24) is 4.57 Å². The Morgan fingerprint density at radius 3 is 2.68 bits per heavy atom. The number of benzene rings is 1. The minimum atomic E-state index is -0.607. The molecule has 25 heavy (non-hydrogen) atoms. The number of hydrogen-bond donors (Lipinski definition) is 0. The number of esters is 1. The monoisotopic (exact) mass is 379 g/mol. The van der Waals surface area contributed by atoms with Gasteiger partial charge in [0, 0.05) is 23.2 Å². The van der Waals surface area contributed by atoms with E-state index in [4.69, 9.17) is 32.7 Å². The van der Waals surface area contributed by atoms with Crippen LogP contribution >= 0.6 is 23.2 Å². The van der Waals surface area contributed by atoms with Crippen LogP contribution in [0.5, 0.6) is 5.75 Å². The molecule has 0 unspecified atom stereocenters. The van der Waals surface area contributed by atoms with Gasteiger partial charge in [-0.3, -0.25) is 4.79 Å². The van der Waals surface area contributed by atoms with E-state index < -0.39 is 5.97 Å². The molecule has 1 aromatic heterocycles. The van der Waals surface area contributed by atoms with Gasteiger partial charge < -0.3 is 14.0 Å². The number of carbonyl (C=O) groups excluding carboxylic acids is 1. The zero-order chi connectivity index (χ0) is 17.7. The molecule has 130 valence electrons. The van der Waals surface area contributed by atoms with Crippen molar-refractivity contribution >= 4 is 29.2 Å². The van der Waals surface area contributed by atoms with Gasteiger partial charge in [0.15, 0.2) is 0 Å². The molecule has 2 aromatic rings. The molecule has 1 aromatic carbocycles. The minimum Gasteiger partial charge on any atom is -0.488 e. The van der Waals surface area contributed by atoms with Gasteiger partial charge in [0.25, 0.3) is 5.56 Å². The summed E-state index contributed by atoms with van der Waals surface area (Å²) in [6.45, 7) is 2.17. The summed E-state index contributed by atoms with van der Waals surface area (Å²) in [4.78, 5) is 25.1. The van der Waals surface area contributed by atoms with Crippen LogP contribution in [0.15, 0.2) is 23.0 Å². The summed E-state index contributed by atoms with van der Waals surface area (Å²) in [5, 5.41) is 0.786. The molecule has 7 heteroatoms. The number of halogens is 2. The first-order valence-electron chi connectivity index (χ1n) is 8.09. The van der Waals surface area contributed by atoms with Gasteiger partial charge in [0.05, 0.1) is 22.3 Å². The van der Waals surface area contributed by atoms with Gasteiger partial charge in [0.1, 0.15) is 17.9 Å². The second kappa shape index (κ2) is 6.07. The van der Waals surface area contributed by atoms with Crippen LogP contribution in [-0.4, -0.2) is 17.1 Å². The molecule has 0 atom stereocenters. The van der Waals surface area contributed by atoms with Crippen LogP contribution in [0.3, 0.4) is 0 Å². The van der Waals surface area contributed by atoms with E-state index in [1.54, 1.807) is 29.7 Å². The molecule has 1 saturated carbocycles. The summed E-state index contributed by atoms with van der Waals surface area (Å²) in [7, 11) is 0. The summed E-state index contributed by atoms with van der Waals surface area (Å²) in [6, 6.07) is 5.01. The number of pyridine rings is 1. The predicted octanol–water partition coefficient (Wildman–Crippen LogP) is 4.23. The number of aromatic nitrogens is 1. The molecule has 0 spiro atoms. The van der Waals surface area contributed by atoms with Crippen LogP contribution in [0.4, 0.5) is 0 Å². The van der Waals surface area contributed by atoms with Crippen molar-refractivity contribution in [3.05, 3.63) is 49.7 Å². The zero-order valence-corrected chi connectivity index (χ0v) is 15.0. The van der Waals surface area contributed by atoms with Gasteiger partial charge in [-0.15, -0.1) is 0 Å². The Morgan fingerprint density at radius 2 is 2.00 bits per heavy atom. The maximum atomic E-state index is 13.0. The number of rotatable bonds is 3. The minimum absolute atomic E-state index is 0.0413. The molecule has 2 heterocycles. The third-order valence-corrected chi connectivity index (χ3v) is 5.10. The fraction of sp³-hybridized carbons (Fsp3) is 0.333. The molecular formula is C18H15Cl2NO4. The number of hydrogen-bond acceptors (Lipinski definition) is 4. The molecule has 2 aliphatic rings. The predicted molar refractivity (Wildman–Crippen MR) is 94.7 cm³/mol. The molecule has 4 rings (SSSR count). The van der Waals surface area contributed by atoms with Gasteiger partial charge in [-0.25, -0.2) is 4.79 Å². The molecule has 1 aliphatic heterocycles. The molecule has 0 amide bonds. The molecule has 5 nitrogen and oxygen atoms in total. The van der Waals surface area contributed by atoms with Crippen molar-refractivity contribution in [3.63, 3.8) is 0 Å². The lowest BCUT2D eigenvalue weighted by Crippen LogP contribution is -2.30. The molecule has 0 radical (unpaired) electrons. The molecule has 0 saturated heterocycles. The van der Waals surface area contributed by atoms with Crippen molar-refractivity contribution in [2.24, 2.45) is 0 Å². The van der Waals surface area contributed by atoms with Crippen LogP contribution in [-0.2, 0) is 11.3 Å². The lowest BCUT2D eigenvalue weighted by molar-refractivity contribution is 0.0523. The molecule has 0 N–H and O–H groups in total. The van der Waals surface area contributed by atoms with Crippen LogP contribution < -0.4 is 10.3 Å². The first-order valence-corrected chi connectivity index (χ1v) is 8.84. The summed E-state index contributed by atoms with van der Waals surface area (Å²) in [6.07, 6.45) is 1.80. The first kappa shape index (κ1) is 16.5. The van der Waals surface area contributed by atoms with Gasteiger partial charge >= 0.3 is 5.97 Å². The summed E-state index contributed by atoms with van der Waals surface area (Å²) < 4.78 is 12.5. The molecule has 1 fully saturated rings. The normalized spacial score (nSPS) is 15.2. The Bertz CT molecular complexity index is 947. The van der Waals surface area contributed by atoms with E-state index in [-0.39, 0.29) is 30.4 Å². The molecule has 0 bridgehead atoms. The van der Waals surface area contributed by atoms with E-state index in [9.17, 15) is 9.59 Å². The van der Waals surface area contributed by atoms with Gasteiger partial charge in [0.2, 0.25) is 0 Å². The van der Waals surface area contributed by atoms with Gasteiger partial charge in [-0.1, -0.05) is 23.2 Å². The highest BCUT2D eigenvalue weighted by atomic mass is 35.5. The summed E-state index contributed by atoms with van der Waals surface area (Å²) >= 11 is 12.3. The highest BCUT2D eigenvalue weighted by Crippen LogP contribution is 2.45. The lowest BCUT2D eigenvalue weighted by Gasteiger charge is -2.25. The number of fused-ring (bicyclic) bond motifs is 3. The van der Waals surface area contributed by atoms with Crippen LogP contribution in [0.2, 0.25) is 10.0 Å². The standard InChI is InChI=1S/C18H15Cl2NO4/c1-2-24-18(23)12-5-9-8-25-15-7-14(20)13(19)6-11(15)16(9)21(17(12)22)10-3-4-10/h5-7,10H,2-4,8H2,1H3. The lowest BCUT2D eigenvalue weighted by atomic mass is 10.00. The highest BCUT2D eigenvalue weighted by molar-refractivity contribution is 6.42. The van der Waals surface area contributed by atoms with Crippen LogP contribution in [0.1, 0.15) is 41.7 Å². The Balaban J connectivity index is 1.98. The number of nitrogens with zero attached hydrogens (tertiary/aromatic N) is 1. The number of carbonyl (C=O) groups is 1. The van der Waals surface area contributed by atoms with E-state index in [1.165, 1.54) is 0 Å². The molecular weight excluding hydrogens is 365 g/mol. The third kappa shape index (κ3) is 2.71. The van der Waals surface area contributed by atoms with E-state index in [2.05, 4.69) is 0 Å². The third-order valence-electron chi connectivity index (χ3n) is 4.38. The maximum absolute atomic E-state index is 13.0. The molecule has 1 aliphatic carbocycles. The summed E-state index contributed by atoms with van der Waals surface area (Å²) in [5.74, 6) is -0.0239. The average molecular weight is 380 g/mol. The topological polar surface area (TPSA) is 57.5 Å². The van der Waals surface area contributed by atoms with Gasteiger partial charge in [-0.05, 0) is 31.9 Å². The largest absolute Gasteiger partial charge is 0.488 e. The van der Waals surface area contributed by atoms with Crippen LogP contribution in [0, 0.1) is 0 Å². The smallest absolute Gasteiger partial charge is 0.343 e. The van der Waals surface area contributed by atoms with Crippen LogP contribution in [0.25, 0.3) is 11.3 Å². The van der Waals surface area contributed by atoms with Crippen molar-refractivity contribution in [2.45, 2.75) is 32.4 Å². The highest BCUT2D eigenvalue weighted by Gasteiger charge is 2.34. The number of ether oxygens (including phenoxy) is 2. The van der Waals surface area contributed by atoms with E-state index in [0.717, 1.165) is 29.7 Å². The maximum Gasteiger partial charge on any atom is 0.343 e. The second-order valence-electron chi connectivity index (χ2n) is 6.11. The van der Waals surface area contributed by atoms with Gasteiger partial charge in [-0.2, -0.15) is 0 Å². The first-order chi connectivity index (χ1) is 12.0. The second-order valence-corrected chi connectivity index (χ2v) is 6.92. The average Bonchev–Trinajstić information content (AvgIpc) is 3.40. The van der Waals surface area contributed by atoms with E-state index in [0.29, 0.717) is 15.8 Å². The Labute approximate surface area is 154 Å². The SMILES string of the molecule is CCOC(=O)c1cc2c(n(C3CC3)c1=O)-c1cc(Cl)c(Cl)cc1OC2. The zero-order valence-electron chi connectivity index (χ0n) is 13.5. The van der Waals surface area contributed by atoms with Crippen molar-refractivity contribution in [1.29, 1.82) is 0 Å². The Morgan fingerprint density at radius 1 is 1.28 bits per heavy atom. The Kier molecular flexibility index (Phi) is 4.01. The van der Waals surface area contributed by atoms with Crippen molar-refractivity contribution in [3.8, 4) is 17.0 Å². The Hall–Kier alpha value is -1.98. The quantitative estimate of drug-likeness (QED) is 0.748. The fourth-order valence-electron chi connectivity index (χ4n) is 3.13. The summed E-state index contributed by atoms with van der Waals surface area (Å²) in [5.41, 5.74) is 1.94. The fourth-order valence-corrected chi connectivity index (χ4v) is 3.45. The van der Waals surface area contributed by atoms with Crippen molar-refractivity contribution < 1.29 is 14.3 Å².